The summed E-state index contributed by atoms with van der Waals surface area (Å²) in [6.45, 7) is 1.41. The third-order valence-corrected chi connectivity index (χ3v) is 2.41. The third kappa shape index (κ3) is 2.51. The number of carboxylic acids is 1. The van der Waals surface area contributed by atoms with Gasteiger partial charge in [-0.25, -0.2) is 0 Å². The second kappa shape index (κ2) is 4.67. The number of nitrogens with zero attached hydrogens (tertiary/aromatic N) is 1. The van der Waals surface area contributed by atoms with Crippen LogP contribution in [0, 0.1) is 16.7 Å². The third-order valence-electron chi connectivity index (χ3n) is 2.41. The van der Waals surface area contributed by atoms with Crippen LogP contribution in [0.4, 0.5) is 0 Å². The van der Waals surface area contributed by atoms with Crippen molar-refractivity contribution in [2.24, 2.45) is 5.41 Å². The lowest BCUT2D eigenvalue weighted by atomic mass is 9.85. The molecule has 16 heavy (non-hydrogen) atoms. The number of hydrogen-bond donors (Lipinski definition) is 1. The molecular formula is C12H13NO3. The van der Waals surface area contributed by atoms with Crippen LogP contribution in [0.1, 0.15) is 12.5 Å². The van der Waals surface area contributed by atoms with E-state index in [4.69, 9.17) is 15.1 Å². The van der Waals surface area contributed by atoms with Gasteiger partial charge in [0.15, 0.2) is 5.41 Å². The van der Waals surface area contributed by atoms with Gasteiger partial charge in [0.2, 0.25) is 0 Å². The zero-order valence-electron chi connectivity index (χ0n) is 9.23. The molecule has 0 aliphatic carbocycles. The monoisotopic (exact) mass is 219 g/mol. The smallest absolute Gasteiger partial charge is 0.324 e. The minimum atomic E-state index is -1.40. The lowest BCUT2D eigenvalue weighted by Gasteiger charge is -2.16. The molecule has 0 saturated carbocycles. The zero-order chi connectivity index (χ0) is 12.2. The van der Waals surface area contributed by atoms with Gasteiger partial charge in [-0.05, 0) is 24.6 Å². The van der Waals surface area contributed by atoms with Crippen LogP contribution in [0.15, 0.2) is 24.3 Å². The highest BCUT2D eigenvalue weighted by atomic mass is 16.5. The molecule has 0 aliphatic heterocycles. The molecule has 0 radical (unpaired) electrons. The standard InChI is InChI=1S/C12H13NO3/c1-12(8-13,11(14)15)7-9-4-3-5-10(6-9)16-2/h3-6H,7H2,1-2H3,(H,14,15). The van der Waals surface area contributed by atoms with E-state index >= 15 is 0 Å². The Morgan fingerprint density at radius 3 is 2.81 bits per heavy atom. The van der Waals surface area contributed by atoms with Crippen LogP contribution in [0.25, 0.3) is 0 Å². The van der Waals surface area contributed by atoms with Gasteiger partial charge in [-0.3, -0.25) is 4.79 Å². The Kier molecular flexibility index (Phi) is 3.51. The van der Waals surface area contributed by atoms with Crippen LogP contribution < -0.4 is 4.74 Å². The number of carbonyl (C=O) groups is 1. The maximum atomic E-state index is 11.0. The van der Waals surface area contributed by atoms with Crippen LogP contribution in [-0.4, -0.2) is 18.2 Å². The van der Waals surface area contributed by atoms with Crippen LogP contribution >= 0.6 is 0 Å². The topological polar surface area (TPSA) is 70.3 Å². The summed E-state index contributed by atoms with van der Waals surface area (Å²) in [4.78, 5) is 11.0. The molecule has 1 rings (SSSR count). The van der Waals surface area contributed by atoms with Gasteiger partial charge in [0.25, 0.3) is 0 Å². The molecule has 0 aliphatic rings. The Morgan fingerprint density at radius 1 is 1.62 bits per heavy atom. The number of nitriles is 1. The number of aliphatic carboxylic acids is 1. The van der Waals surface area contributed by atoms with E-state index in [-0.39, 0.29) is 6.42 Å². The average molecular weight is 219 g/mol. The van der Waals surface area contributed by atoms with Gasteiger partial charge in [-0.1, -0.05) is 12.1 Å². The highest BCUT2D eigenvalue weighted by molar-refractivity contribution is 5.77. The van der Waals surface area contributed by atoms with Crippen molar-refractivity contribution in [1.82, 2.24) is 0 Å². The van der Waals surface area contributed by atoms with Gasteiger partial charge in [0.1, 0.15) is 5.75 Å². The normalized spacial score (nSPS) is 13.6. The molecule has 0 bridgehead atoms. The first-order valence-corrected chi connectivity index (χ1v) is 4.79. The summed E-state index contributed by atoms with van der Waals surface area (Å²) in [5.41, 5.74) is -0.627. The Bertz CT molecular complexity index is 436. The summed E-state index contributed by atoms with van der Waals surface area (Å²) in [6, 6.07) is 8.88. The molecule has 0 fully saturated rings. The van der Waals surface area contributed by atoms with E-state index in [0.717, 1.165) is 5.56 Å². The lowest BCUT2D eigenvalue weighted by Crippen LogP contribution is -2.28. The van der Waals surface area contributed by atoms with Crippen LogP contribution in [-0.2, 0) is 11.2 Å². The fourth-order valence-corrected chi connectivity index (χ4v) is 1.35. The van der Waals surface area contributed by atoms with Crippen molar-refractivity contribution < 1.29 is 14.6 Å². The van der Waals surface area contributed by atoms with Crippen molar-refractivity contribution >= 4 is 5.97 Å². The molecule has 0 aromatic heterocycles. The summed E-state index contributed by atoms with van der Waals surface area (Å²) in [5, 5.41) is 17.8. The summed E-state index contributed by atoms with van der Waals surface area (Å²) in [5.74, 6) is -0.457. The molecule has 1 aromatic carbocycles. The van der Waals surface area contributed by atoms with E-state index in [9.17, 15) is 4.79 Å². The fraction of sp³-hybridized carbons (Fsp3) is 0.333. The molecule has 4 nitrogen and oxygen atoms in total. The van der Waals surface area contributed by atoms with Gasteiger partial charge in [0, 0.05) is 6.42 Å². The first kappa shape index (κ1) is 12.1. The lowest BCUT2D eigenvalue weighted by molar-refractivity contribution is -0.144. The number of methoxy groups -OCH3 is 1. The van der Waals surface area contributed by atoms with Crippen molar-refractivity contribution in [3.63, 3.8) is 0 Å². The zero-order valence-corrected chi connectivity index (χ0v) is 9.23. The van der Waals surface area contributed by atoms with Crippen LogP contribution in [0.5, 0.6) is 5.75 Å². The second-order valence-corrected chi connectivity index (χ2v) is 3.78. The SMILES string of the molecule is COc1cccc(CC(C)(C#N)C(=O)O)c1. The summed E-state index contributed by atoms with van der Waals surface area (Å²) < 4.78 is 5.03. The van der Waals surface area contributed by atoms with E-state index in [1.807, 2.05) is 6.07 Å². The first-order valence-electron chi connectivity index (χ1n) is 4.79. The second-order valence-electron chi connectivity index (χ2n) is 3.78. The van der Waals surface area contributed by atoms with Gasteiger partial charge in [-0.2, -0.15) is 5.26 Å². The number of carboxylic acid groups (broad SMARTS) is 1. The molecule has 1 atom stereocenters. The Hall–Kier alpha value is -2.02. The Balaban J connectivity index is 2.95. The Morgan fingerprint density at radius 2 is 2.31 bits per heavy atom. The van der Waals surface area contributed by atoms with Gasteiger partial charge < -0.3 is 9.84 Å². The quantitative estimate of drug-likeness (QED) is 0.838. The van der Waals surface area contributed by atoms with Crippen LogP contribution in [0.3, 0.4) is 0 Å². The Labute approximate surface area is 94.1 Å². The predicted octanol–water partition coefficient (Wildman–Crippen LogP) is 1.85. The minimum absolute atomic E-state index is 0.163. The van der Waals surface area contributed by atoms with Crippen molar-refractivity contribution in [2.75, 3.05) is 7.11 Å². The van der Waals surface area contributed by atoms with E-state index < -0.39 is 11.4 Å². The highest BCUT2D eigenvalue weighted by Crippen LogP contribution is 2.24. The van der Waals surface area contributed by atoms with E-state index in [2.05, 4.69) is 0 Å². The van der Waals surface area contributed by atoms with Crippen molar-refractivity contribution in [1.29, 1.82) is 5.26 Å². The molecule has 1 aromatic rings. The molecule has 84 valence electrons. The van der Waals surface area contributed by atoms with Gasteiger partial charge in [-0.15, -0.1) is 0 Å². The van der Waals surface area contributed by atoms with Crippen molar-refractivity contribution in [3.8, 4) is 11.8 Å². The molecule has 0 saturated heterocycles. The maximum Gasteiger partial charge on any atom is 0.324 e. The molecule has 1 unspecified atom stereocenters. The first-order chi connectivity index (χ1) is 7.51. The largest absolute Gasteiger partial charge is 0.497 e. The summed E-state index contributed by atoms with van der Waals surface area (Å²) in [6.07, 6.45) is 0.163. The molecule has 0 amide bonds. The molecule has 1 N–H and O–H groups in total. The van der Waals surface area contributed by atoms with E-state index in [1.165, 1.54) is 6.92 Å². The van der Waals surface area contributed by atoms with Crippen LogP contribution in [0.2, 0.25) is 0 Å². The fourth-order valence-electron chi connectivity index (χ4n) is 1.35. The van der Waals surface area contributed by atoms with Gasteiger partial charge in [0.05, 0.1) is 13.2 Å². The van der Waals surface area contributed by atoms with Gasteiger partial charge >= 0.3 is 5.97 Å². The van der Waals surface area contributed by atoms with Crippen molar-refractivity contribution in [2.45, 2.75) is 13.3 Å². The number of rotatable bonds is 4. The number of hydrogen-bond acceptors (Lipinski definition) is 3. The minimum Gasteiger partial charge on any atom is -0.497 e. The highest BCUT2D eigenvalue weighted by Gasteiger charge is 2.33. The van der Waals surface area contributed by atoms with E-state index in [1.54, 1.807) is 31.4 Å². The molecule has 4 heteroatoms. The van der Waals surface area contributed by atoms with Crippen molar-refractivity contribution in [3.05, 3.63) is 29.8 Å². The predicted molar refractivity (Wildman–Crippen MR) is 58.1 cm³/mol. The number of ether oxygens (including phenoxy) is 1. The molecule has 0 spiro atoms. The molecular weight excluding hydrogens is 206 g/mol. The maximum absolute atomic E-state index is 11.0. The number of benzene rings is 1. The van der Waals surface area contributed by atoms with E-state index in [0.29, 0.717) is 5.75 Å². The molecule has 0 heterocycles. The summed E-state index contributed by atoms with van der Waals surface area (Å²) >= 11 is 0. The summed E-state index contributed by atoms with van der Waals surface area (Å²) in [7, 11) is 1.54. The average Bonchev–Trinajstić information content (AvgIpc) is 2.29.